The first-order valence-electron chi connectivity index (χ1n) is 5.25. The predicted octanol–water partition coefficient (Wildman–Crippen LogP) is 1.32. The molecule has 1 aromatic carbocycles. The molecule has 2 aromatic rings. The Morgan fingerprint density at radius 1 is 0.941 bits per heavy atom. The van der Waals surface area contributed by atoms with Crippen molar-refractivity contribution >= 4 is 24.8 Å². The molecular weight excluding hydrogens is 234 g/mol. The van der Waals surface area contributed by atoms with Crippen molar-refractivity contribution in [2.24, 2.45) is 0 Å². The molecule has 4 nitrogen and oxygen atoms in total. The van der Waals surface area contributed by atoms with E-state index in [1.165, 1.54) is 0 Å². The van der Waals surface area contributed by atoms with Gasteiger partial charge in [0.05, 0.1) is 0 Å². The summed E-state index contributed by atoms with van der Waals surface area (Å²) in [6.07, 6.45) is 3.59. The van der Waals surface area contributed by atoms with E-state index in [1.807, 2.05) is 30.5 Å². The molecule has 0 aliphatic rings. The fourth-order valence-corrected chi connectivity index (χ4v) is 3.70. The number of rotatable bonds is 4. The monoisotopic (exact) mass is 249 g/mol. The minimum atomic E-state index is -2.73. The smallest absolute Gasteiger partial charge is 0.373 e. The number of aromatic nitrogens is 1. The van der Waals surface area contributed by atoms with E-state index in [4.69, 9.17) is 13.3 Å². The van der Waals surface area contributed by atoms with E-state index in [1.54, 1.807) is 27.5 Å². The largest absolute Gasteiger partial charge is 0.536 e. The van der Waals surface area contributed by atoms with Crippen LogP contribution in [0.2, 0.25) is 0 Å². The third-order valence-corrected chi connectivity index (χ3v) is 5.43. The topological polar surface area (TPSA) is 40.6 Å². The zero-order chi connectivity index (χ0) is 12.3. The minimum absolute atomic E-state index is 0.948. The van der Waals surface area contributed by atoms with Gasteiger partial charge in [0, 0.05) is 38.9 Å². The molecule has 0 aliphatic carbocycles. The number of fused-ring (bicyclic) bond motifs is 1. The Morgan fingerprint density at radius 3 is 2.29 bits per heavy atom. The van der Waals surface area contributed by atoms with Gasteiger partial charge in [-0.05, 0) is 22.9 Å². The van der Waals surface area contributed by atoms with Gasteiger partial charge in [-0.15, -0.1) is 0 Å². The van der Waals surface area contributed by atoms with Gasteiger partial charge >= 0.3 is 8.80 Å². The maximum absolute atomic E-state index is 5.45. The van der Waals surface area contributed by atoms with Crippen molar-refractivity contribution in [3.8, 4) is 0 Å². The fourth-order valence-electron chi connectivity index (χ4n) is 1.88. The number of pyridine rings is 1. The second-order valence-electron chi connectivity index (χ2n) is 3.61. The van der Waals surface area contributed by atoms with Gasteiger partial charge in [-0.3, -0.25) is 4.98 Å². The van der Waals surface area contributed by atoms with Gasteiger partial charge in [0.1, 0.15) is 0 Å². The molecule has 5 heteroatoms. The minimum Gasteiger partial charge on any atom is -0.373 e. The summed E-state index contributed by atoms with van der Waals surface area (Å²) >= 11 is 0. The fraction of sp³-hybridized carbons (Fsp3) is 0.250. The van der Waals surface area contributed by atoms with E-state index in [0.29, 0.717) is 0 Å². The normalized spacial score (nSPS) is 11.9. The number of nitrogens with zero attached hydrogens (tertiary/aromatic N) is 1. The highest BCUT2D eigenvalue weighted by Gasteiger charge is 2.40. The lowest BCUT2D eigenvalue weighted by atomic mass is 10.2. The zero-order valence-electron chi connectivity index (χ0n) is 10.1. The van der Waals surface area contributed by atoms with E-state index in [0.717, 1.165) is 16.0 Å². The Bertz CT molecular complexity index is 506. The molecule has 1 heterocycles. The van der Waals surface area contributed by atoms with Crippen LogP contribution in [0.1, 0.15) is 0 Å². The molecule has 17 heavy (non-hydrogen) atoms. The Labute approximate surface area is 102 Å². The number of benzene rings is 1. The van der Waals surface area contributed by atoms with E-state index in [2.05, 4.69) is 4.98 Å². The Kier molecular flexibility index (Phi) is 3.53. The third kappa shape index (κ3) is 2.10. The standard InChI is InChI=1S/C12H15NO3Si/c1-14-17(15-2,16-3)12-5-4-11-9-13-7-6-10(11)8-12/h4-9H,1-3H3. The summed E-state index contributed by atoms with van der Waals surface area (Å²) in [5.74, 6) is 0. The SMILES string of the molecule is CO[Si](OC)(OC)c1ccc2cnccc2c1. The molecule has 0 fully saturated rings. The molecule has 0 unspecified atom stereocenters. The predicted molar refractivity (Wildman–Crippen MR) is 68.2 cm³/mol. The Morgan fingerprint density at radius 2 is 1.65 bits per heavy atom. The third-order valence-electron chi connectivity index (χ3n) is 2.80. The van der Waals surface area contributed by atoms with Crippen molar-refractivity contribution in [1.82, 2.24) is 4.98 Å². The molecular formula is C12H15NO3Si. The van der Waals surface area contributed by atoms with Crippen LogP contribution >= 0.6 is 0 Å². The number of hydrogen-bond acceptors (Lipinski definition) is 4. The molecule has 0 radical (unpaired) electrons. The van der Waals surface area contributed by atoms with Crippen LogP contribution in [0.25, 0.3) is 10.8 Å². The highest BCUT2D eigenvalue weighted by atomic mass is 28.4. The van der Waals surface area contributed by atoms with Gasteiger partial charge in [0.15, 0.2) is 0 Å². The molecule has 0 amide bonds. The highest BCUT2D eigenvalue weighted by Crippen LogP contribution is 2.14. The summed E-state index contributed by atoms with van der Waals surface area (Å²) < 4.78 is 16.4. The summed E-state index contributed by atoms with van der Waals surface area (Å²) in [6.45, 7) is 0. The molecule has 90 valence electrons. The van der Waals surface area contributed by atoms with Crippen LogP contribution in [0.4, 0.5) is 0 Å². The first-order chi connectivity index (χ1) is 8.25. The van der Waals surface area contributed by atoms with Crippen LogP contribution in [0.15, 0.2) is 36.7 Å². The van der Waals surface area contributed by atoms with Crippen molar-refractivity contribution in [3.05, 3.63) is 36.7 Å². The average Bonchev–Trinajstić information content (AvgIpc) is 2.41. The molecule has 0 spiro atoms. The quantitative estimate of drug-likeness (QED) is 0.766. The van der Waals surface area contributed by atoms with Crippen LogP contribution in [-0.4, -0.2) is 35.1 Å². The van der Waals surface area contributed by atoms with Crippen molar-refractivity contribution in [2.45, 2.75) is 0 Å². The second kappa shape index (κ2) is 4.93. The summed E-state index contributed by atoms with van der Waals surface area (Å²) in [5.41, 5.74) is 0. The number of hydrogen-bond donors (Lipinski definition) is 0. The second-order valence-corrected chi connectivity index (χ2v) is 6.52. The van der Waals surface area contributed by atoms with E-state index in [-0.39, 0.29) is 0 Å². The molecule has 0 N–H and O–H groups in total. The lowest BCUT2D eigenvalue weighted by Gasteiger charge is -2.24. The van der Waals surface area contributed by atoms with Crippen molar-refractivity contribution in [3.63, 3.8) is 0 Å². The van der Waals surface area contributed by atoms with Crippen LogP contribution in [-0.2, 0) is 13.3 Å². The van der Waals surface area contributed by atoms with E-state index in [9.17, 15) is 0 Å². The molecule has 0 atom stereocenters. The molecule has 0 aliphatic heterocycles. The summed E-state index contributed by atoms with van der Waals surface area (Å²) in [4.78, 5) is 4.08. The maximum Gasteiger partial charge on any atom is 0.536 e. The summed E-state index contributed by atoms with van der Waals surface area (Å²) in [7, 11) is 2.09. The Balaban J connectivity index is 2.55. The van der Waals surface area contributed by atoms with Crippen molar-refractivity contribution < 1.29 is 13.3 Å². The average molecular weight is 249 g/mol. The first-order valence-corrected chi connectivity index (χ1v) is 6.98. The molecule has 2 rings (SSSR count). The zero-order valence-corrected chi connectivity index (χ0v) is 11.1. The van der Waals surface area contributed by atoms with Gasteiger partial charge in [-0.2, -0.15) is 0 Å². The van der Waals surface area contributed by atoms with Crippen LogP contribution in [0.3, 0.4) is 0 Å². The lowest BCUT2D eigenvalue weighted by molar-refractivity contribution is 0.140. The molecule has 0 bridgehead atoms. The summed E-state index contributed by atoms with van der Waals surface area (Å²) in [5, 5.41) is 3.13. The van der Waals surface area contributed by atoms with Crippen molar-refractivity contribution in [2.75, 3.05) is 21.3 Å². The van der Waals surface area contributed by atoms with Crippen molar-refractivity contribution in [1.29, 1.82) is 0 Å². The molecule has 1 aromatic heterocycles. The summed E-state index contributed by atoms with van der Waals surface area (Å²) in [6, 6.07) is 7.95. The maximum atomic E-state index is 5.45. The van der Waals surface area contributed by atoms with Gasteiger partial charge in [0.25, 0.3) is 0 Å². The van der Waals surface area contributed by atoms with Gasteiger partial charge in [0.2, 0.25) is 0 Å². The molecule has 0 saturated carbocycles. The van der Waals surface area contributed by atoms with Gasteiger partial charge in [-0.25, -0.2) is 0 Å². The van der Waals surface area contributed by atoms with Gasteiger partial charge in [-0.1, -0.05) is 12.1 Å². The van der Waals surface area contributed by atoms with E-state index >= 15 is 0 Å². The first kappa shape index (κ1) is 12.2. The van der Waals surface area contributed by atoms with E-state index < -0.39 is 8.80 Å². The van der Waals surface area contributed by atoms with Gasteiger partial charge < -0.3 is 13.3 Å². The molecule has 0 saturated heterocycles. The highest BCUT2D eigenvalue weighted by molar-refractivity contribution is 6.75. The van der Waals surface area contributed by atoms with Crippen LogP contribution in [0.5, 0.6) is 0 Å². The lowest BCUT2D eigenvalue weighted by Crippen LogP contribution is -2.54. The Hall–Kier alpha value is -1.27. The van der Waals surface area contributed by atoms with Crippen LogP contribution in [0, 0.1) is 0 Å². The van der Waals surface area contributed by atoms with Crippen LogP contribution < -0.4 is 5.19 Å².